The van der Waals surface area contributed by atoms with Gasteiger partial charge in [0.2, 0.25) is 0 Å². The zero-order chi connectivity index (χ0) is 21.1. The van der Waals surface area contributed by atoms with Crippen molar-refractivity contribution >= 4 is 22.5 Å². The van der Waals surface area contributed by atoms with Crippen LogP contribution in [0.4, 0.5) is 5.69 Å². The average molecular weight is 413 g/mol. The molecule has 0 unspecified atom stereocenters. The quantitative estimate of drug-likeness (QED) is 0.651. The maximum atomic E-state index is 12.9. The normalized spacial score (nSPS) is 20.3. The minimum Gasteiger partial charge on any atom is -0.398 e. The van der Waals surface area contributed by atoms with Crippen molar-refractivity contribution in [2.24, 2.45) is 5.92 Å². The molecule has 1 amide bonds. The Morgan fingerprint density at radius 2 is 2.10 bits per heavy atom. The summed E-state index contributed by atoms with van der Waals surface area (Å²) in [5.41, 5.74) is 8.35. The summed E-state index contributed by atoms with van der Waals surface area (Å²) in [7, 11) is 0. The number of carbonyl (C=O) groups is 1. The van der Waals surface area contributed by atoms with Crippen molar-refractivity contribution in [1.29, 1.82) is 0 Å². The second-order valence-corrected chi connectivity index (χ2v) is 8.82. The van der Waals surface area contributed by atoms with E-state index in [0.29, 0.717) is 55.3 Å². The lowest BCUT2D eigenvalue weighted by molar-refractivity contribution is -0.0829. The number of β-amino-alcohol motifs (C(OH)–C–C–N with tert-alkyl or cyclic N) is 1. The van der Waals surface area contributed by atoms with Crippen LogP contribution >= 0.6 is 0 Å². The molecule has 162 valence electrons. The van der Waals surface area contributed by atoms with Crippen LogP contribution < -0.4 is 11.1 Å². The summed E-state index contributed by atoms with van der Waals surface area (Å²) in [5.74, 6) is 0.351. The third kappa shape index (κ3) is 4.58. The highest BCUT2D eigenvalue weighted by atomic mass is 16.5. The van der Waals surface area contributed by atoms with Crippen molar-refractivity contribution < 1.29 is 14.6 Å². The van der Waals surface area contributed by atoms with Gasteiger partial charge in [0.15, 0.2) is 0 Å². The number of aromatic nitrogens is 1. The Balaban J connectivity index is 1.31. The third-order valence-corrected chi connectivity index (χ3v) is 6.58. The Kier molecular flexibility index (Phi) is 6.22. The lowest BCUT2D eigenvalue weighted by Gasteiger charge is -2.39. The van der Waals surface area contributed by atoms with Crippen molar-refractivity contribution in [1.82, 2.24) is 15.2 Å². The number of hydrogen-bond donors (Lipinski definition) is 3. The molecule has 0 bridgehead atoms. The average Bonchev–Trinajstić information content (AvgIpc) is 2.76. The number of fused-ring (bicyclic) bond motifs is 1. The van der Waals surface area contributed by atoms with E-state index in [1.807, 2.05) is 25.1 Å². The maximum absolute atomic E-state index is 12.9. The second-order valence-electron chi connectivity index (χ2n) is 8.82. The molecule has 4 N–H and O–H groups in total. The first-order valence-electron chi connectivity index (χ1n) is 10.9. The van der Waals surface area contributed by atoms with Gasteiger partial charge in [-0.3, -0.25) is 9.78 Å². The van der Waals surface area contributed by atoms with Crippen LogP contribution in [0.5, 0.6) is 0 Å². The minimum absolute atomic E-state index is 0.0965. The smallest absolute Gasteiger partial charge is 0.253 e. The number of ether oxygens (including phenoxy) is 1. The molecule has 0 aliphatic carbocycles. The van der Waals surface area contributed by atoms with Crippen LogP contribution in [0, 0.1) is 12.8 Å². The predicted molar refractivity (Wildman–Crippen MR) is 117 cm³/mol. The number of carbonyl (C=O) groups excluding carboxylic acids is 1. The number of nitrogens with one attached hydrogen (secondary N) is 1. The van der Waals surface area contributed by atoms with Crippen LogP contribution in [-0.2, 0) is 4.74 Å². The lowest BCUT2D eigenvalue weighted by Crippen LogP contribution is -2.49. The van der Waals surface area contributed by atoms with E-state index < -0.39 is 5.60 Å². The number of rotatable bonds is 5. The van der Waals surface area contributed by atoms with Gasteiger partial charge in [0.05, 0.1) is 16.7 Å². The molecular formula is C23H32N4O3. The predicted octanol–water partition coefficient (Wildman–Crippen LogP) is 2.11. The molecule has 2 fully saturated rings. The van der Waals surface area contributed by atoms with Crippen molar-refractivity contribution in [2.45, 2.75) is 38.2 Å². The first-order valence-corrected chi connectivity index (χ1v) is 10.9. The molecule has 30 heavy (non-hydrogen) atoms. The highest BCUT2D eigenvalue weighted by Gasteiger charge is 2.33. The Labute approximate surface area is 177 Å². The first kappa shape index (κ1) is 21.0. The standard InChI is InChI=1S/C23H32N4O3/c1-16-13-19(21-18(20(16)24)3-2-8-25-21)22(28)26-14-17-4-9-27(10-5-17)15-23(29)6-11-30-12-7-23/h2-3,8,13,17,29H,4-7,9-12,14-15,24H2,1H3,(H,26,28). The number of aryl methyl sites for hydroxylation is 1. The number of pyridine rings is 1. The van der Waals surface area contributed by atoms with Gasteiger partial charge in [-0.1, -0.05) is 0 Å². The Morgan fingerprint density at radius 1 is 1.37 bits per heavy atom. The van der Waals surface area contributed by atoms with Gasteiger partial charge in [-0.15, -0.1) is 0 Å². The molecule has 4 rings (SSSR count). The molecule has 2 aromatic rings. The largest absolute Gasteiger partial charge is 0.398 e. The summed E-state index contributed by atoms with van der Waals surface area (Å²) in [6.07, 6.45) is 5.16. The Morgan fingerprint density at radius 3 is 2.83 bits per heavy atom. The summed E-state index contributed by atoms with van der Waals surface area (Å²) in [4.78, 5) is 19.6. The van der Waals surface area contributed by atoms with E-state index in [1.54, 1.807) is 6.20 Å². The van der Waals surface area contributed by atoms with Gasteiger partial charge in [-0.25, -0.2) is 0 Å². The highest BCUT2D eigenvalue weighted by Crippen LogP contribution is 2.27. The molecule has 0 spiro atoms. The molecule has 3 heterocycles. The monoisotopic (exact) mass is 412 g/mol. The Bertz CT molecular complexity index is 903. The molecule has 2 saturated heterocycles. The minimum atomic E-state index is -0.611. The molecule has 2 aliphatic rings. The van der Waals surface area contributed by atoms with Crippen LogP contribution in [0.25, 0.3) is 10.9 Å². The van der Waals surface area contributed by atoms with Gasteiger partial charge in [-0.05, 0) is 62.5 Å². The number of benzene rings is 1. The van der Waals surface area contributed by atoms with Crippen LogP contribution in [0.15, 0.2) is 24.4 Å². The zero-order valence-corrected chi connectivity index (χ0v) is 17.7. The number of nitrogens with two attached hydrogens (primary N) is 1. The summed E-state index contributed by atoms with van der Waals surface area (Å²) in [5, 5.41) is 14.7. The van der Waals surface area contributed by atoms with Gasteiger partial charge < -0.3 is 25.8 Å². The fourth-order valence-corrected chi connectivity index (χ4v) is 4.59. The Hall–Kier alpha value is -2.22. The van der Waals surface area contributed by atoms with E-state index in [9.17, 15) is 9.90 Å². The molecule has 0 saturated carbocycles. The van der Waals surface area contributed by atoms with Crippen molar-refractivity contribution in [3.05, 3.63) is 35.5 Å². The second kappa shape index (κ2) is 8.88. The van der Waals surface area contributed by atoms with Gasteiger partial charge in [-0.2, -0.15) is 0 Å². The fraction of sp³-hybridized carbons (Fsp3) is 0.565. The molecule has 2 aliphatic heterocycles. The highest BCUT2D eigenvalue weighted by molar-refractivity contribution is 6.09. The van der Waals surface area contributed by atoms with E-state index in [2.05, 4.69) is 15.2 Å². The van der Waals surface area contributed by atoms with Gasteiger partial charge in [0.25, 0.3) is 5.91 Å². The summed E-state index contributed by atoms with van der Waals surface area (Å²) in [6, 6.07) is 5.57. The van der Waals surface area contributed by atoms with Gasteiger partial charge in [0.1, 0.15) is 0 Å². The van der Waals surface area contributed by atoms with Crippen molar-refractivity contribution in [3.8, 4) is 0 Å². The van der Waals surface area contributed by atoms with Gasteiger partial charge in [0, 0.05) is 56.4 Å². The van der Waals surface area contributed by atoms with Crippen LogP contribution in [0.3, 0.4) is 0 Å². The lowest BCUT2D eigenvalue weighted by atomic mass is 9.91. The van der Waals surface area contributed by atoms with Crippen molar-refractivity contribution in [2.75, 3.05) is 45.1 Å². The SMILES string of the molecule is Cc1cc(C(=O)NCC2CCN(CC3(O)CCOCC3)CC2)c2ncccc2c1N. The molecule has 0 radical (unpaired) electrons. The number of nitrogen functional groups attached to an aromatic ring is 1. The first-order chi connectivity index (χ1) is 14.5. The number of aliphatic hydroxyl groups is 1. The fourth-order valence-electron chi connectivity index (χ4n) is 4.59. The molecule has 1 aromatic carbocycles. The number of nitrogens with zero attached hydrogens (tertiary/aromatic N) is 2. The molecule has 0 atom stereocenters. The number of hydrogen-bond acceptors (Lipinski definition) is 6. The number of piperidine rings is 1. The van der Waals surface area contributed by atoms with E-state index in [0.717, 1.165) is 43.4 Å². The van der Waals surface area contributed by atoms with E-state index >= 15 is 0 Å². The maximum Gasteiger partial charge on any atom is 0.253 e. The number of amides is 1. The molecular weight excluding hydrogens is 380 g/mol. The molecule has 7 nitrogen and oxygen atoms in total. The summed E-state index contributed by atoms with van der Waals surface area (Å²) in [6.45, 7) is 6.49. The summed E-state index contributed by atoms with van der Waals surface area (Å²) < 4.78 is 5.37. The molecule has 1 aromatic heterocycles. The van der Waals surface area contributed by atoms with Crippen LogP contribution in [0.1, 0.15) is 41.6 Å². The van der Waals surface area contributed by atoms with Crippen LogP contribution in [0.2, 0.25) is 0 Å². The van der Waals surface area contributed by atoms with E-state index in [1.165, 1.54) is 0 Å². The van der Waals surface area contributed by atoms with Crippen LogP contribution in [-0.4, -0.2) is 65.9 Å². The zero-order valence-electron chi connectivity index (χ0n) is 17.7. The van der Waals surface area contributed by atoms with E-state index in [4.69, 9.17) is 10.5 Å². The summed E-state index contributed by atoms with van der Waals surface area (Å²) >= 11 is 0. The topological polar surface area (TPSA) is 101 Å². The molecule has 7 heteroatoms. The number of anilines is 1. The van der Waals surface area contributed by atoms with Gasteiger partial charge >= 0.3 is 0 Å². The third-order valence-electron chi connectivity index (χ3n) is 6.58. The van der Waals surface area contributed by atoms with Crippen molar-refractivity contribution in [3.63, 3.8) is 0 Å². The van der Waals surface area contributed by atoms with E-state index in [-0.39, 0.29) is 5.91 Å². The number of likely N-dealkylation sites (tertiary alicyclic amines) is 1.